The summed E-state index contributed by atoms with van der Waals surface area (Å²) in [5.41, 5.74) is 3.34. The van der Waals surface area contributed by atoms with Gasteiger partial charge in [-0.2, -0.15) is 5.26 Å². The first-order chi connectivity index (χ1) is 16.0. The van der Waals surface area contributed by atoms with Crippen LogP contribution in [0.1, 0.15) is 66.2 Å². The summed E-state index contributed by atoms with van der Waals surface area (Å²) in [7, 11) is 0. The number of benzene rings is 1. The van der Waals surface area contributed by atoms with E-state index in [2.05, 4.69) is 6.07 Å². The van der Waals surface area contributed by atoms with Gasteiger partial charge in [0.05, 0.1) is 28.7 Å². The number of thioether (sulfide) groups is 1. The molecule has 2 aliphatic rings. The van der Waals surface area contributed by atoms with Crippen LogP contribution in [-0.2, 0) is 27.2 Å². The van der Waals surface area contributed by atoms with E-state index in [1.807, 2.05) is 6.07 Å². The summed E-state index contributed by atoms with van der Waals surface area (Å²) in [6.07, 6.45) is 6.32. The van der Waals surface area contributed by atoms with Gasteiger partial charge in [-0.1, -0.05) is 24.6 Å². The predicted octanol–water partition coefficient (Wildman–Crippen LogP) is 4.21. The van der Waals surface area contributed by atoms with Gasteiger partial charge in [0.15, 0.2) is 0 Å². The molecule has 1 aliphatic heterocycles. The summed E-state index contributed by atoms with van der Waals surface area (Å²) >= 11 is 1.19. The van der Waals surface area contributed by atoms with Crippen LogP contribution < -0.4 is 4.90 Å². The molecule has 1 saturated heterocycles. The Hall–Kier alpha value is -3.18. The highest BCUT2D eigenvalue weighted by molar-refractivity contribution is 8.00. The van der Waals surface area contributed by atoms with Crippen molar-refractivity contribution in [2.75, 3.05) is 11.5 Å². The molecule has 7 nitrogen and oxygen atoms in total. The van der Waals surface area contributed by atoms with E-state index in [9.17, 15) is 19.6 Å². The van der Waals surface area contributed by atoms with Gasteiger partial charge >= 0.3 is 5.97 Å². The average molecular weight is 464 g/mol. The molecule has 0 spiro atoms. The summed E-state index contributed by atoms with van der Waals surface area (Å²) < 4.78 is 4.97. The first-order valence-electron chi connectivity index (χ1n) is 11.3. The van der Waals surface area contributed by atoms with Crippen molar-refractivity contribution in [3.05, 3.63) is 52.7 Å². The van der Waals surface area contributed by atoms with Gasteiger partial charge in [0.25, 0.3) is 0 Å². The Morgan fingerprint density at radius 3 is 2.61 bits per heavy atom. The van der Waals surface area contributed by atoms with Crippen molar-refractivity contribution in [2.45, 2.75) is 62.1 Å². The highest BCUT2D eigenvalue weighted by atomic mass is 32.2. The van der Waals surface area contributed by atoms with E-state index in [0.717, 1.165) is 41.8 Å². The number of anilines is 1. The molecule has 1 fully saturated rings. The minimum absolute atomic E-state index is 0.0345. The van der Waals surface area contributed by atoms with Crippen LogP contribution in [0.25, 0.3) is 0 Å². The fourth-order valence-electron chi connectivity index (χ4n) is 4.20. The second-order valence-corrected chi connectivity index (χ2v) is 9.31. The van der Waals surface area contributed by atoms with Gasteiger partial charge in [0.1, 0.15) is 11.1 Å². The Balaban J connectivity index is 1.54. The number of amides is 2. The fraction of sp³-hybridized carbons (Fsp3) is 0.400. The molecule has 1 atom stereocenters. The Bertz CT molecular complexity index is 1120. The van der Waals surface area contributed by atoms with Gasteiger partial charge in [-0.25, -0.2) is 14.7 Å². The summed E-state index contributed by atoms with van der Waals surface area (Å²) in [5, 5.41) is 9.54. The van der Waals surface area contributed by atoms with E-state index in [-0.39, 0.29) is 24.8 Å². The Morgan fingerprint density at radius 2 is 1.91 bits per heavy atom. The number of esters is 1. The molecule has 1 aliphatic carbocycles. The maximum absolute atomic E-state index is 13.1. The van der Waals surface area contributed by atoms with Crippen molar-refractivity contribution in [3.8, 4) is 6.07 Å². The Labute approximate surface area is 197 Å². The lowest BCUT2D eigenvalue weighted by Gasteiger charge is -2.17. The number of nitrogens with zero attached hydrogens (tertiary/aromatic N) is 3. The minimum Gasteiger partial charge on any atom is -0.462 e. The van der Waals surface area contributed by atoms with Crippen molar-refractivity contribution in [1.82, 2.24) is 4.98 Å². The average Bonchev–Trinajstić information content (AvgIpc) is 3.07. The Morgan fingerprint density at radius 1 is 1.18 bits per heavy atom. The van der Waals surface area contributed by atoms with Crippen LogP contribution >= 0.6 is 11.8 Å². The maximum Gasteiger partial charge on any atom is 0.338 e. The largest absolute Gasteiger partial charge is 0.462 e. The molecule has 0 N–H and O–H groups in total. The first kappa shape index (κ1) is 23.0. The number of carbonyl (C=O) groups excluding carboxylic acids is 3. The number of fused-ring (bicyclic) bond motifs is 1. The summed E-state index contributed by atoms with van der Waals surface area (Å²) in [6, 6.07) is 10.3. The number of nitriles is 1. The van der Waals surface area contributed by atoms with Gasteiger partial charge < -0.3 is 4.74 Å². The zero-order chi connectivity index (χ0) is 23.4. The van der Waals surface area contributed by atoms with Crippen molar-refractivity contribution in [3.63, 3.8) is 0 Å². The van der Waals surface area contributed by atoms with Crippen LogP contribution in [-0.4, -0.2) is 34.6 Å². The second kappa shape index (κ2) is 10.2. The lowest BCUT2D eigenvalue weighted by molar-refractivity contribution is -0.121. The molecule has 0 saturated carbocycles. The van der Waals surface area contributed by atoms with Crippen molar-refractivity contribution in [2.24, 2.45) is 0 Å². The number of aryl methyl sites for hydroxylation is 2. The number of imide groups is 1. The molecule has 2 aromatic rings. The Kier molecular flexibility index (Phi) is 7.09. The quantitative estimate of drug-likeness (QED) is 0.483. The van der Waals surface area contributed by atoms with Gasteiger partial charge in [0.2, 0.25) is 11.8 Å². The molecule has 1 aromatic heterocycles. The number of pyridine rings is 1. The monoisotopic (exact) mass is 463 g/mol. The number of hydrogen-bond acceptors (Lipinski definition) is 7. The minimum atomic E-state index is -0.645. The van der Waals surface area contributed by atoms with Gasteiger partial charge in [-0.3, -0.25) is 9.59 Å². The van der Waals surface area contributed by atoms with Crippen LogP contribution in [0.15, 0.2) is 35.4 Å². The van der Waals surface area contributed by atoms with E-state index in [1.54, 1.807) is 31.2 Å². The molecule has 33 heavy (non-hydrogen) atoms. The molecule has 8 heteroatoms. The van der Waals surface area contributed by atoms with Crippen molar-refractivity contribution >= 4 is 35.2 Å². The topological polar surface area (TPSA) is 100 Å². The van der Waals surface area contributed by atoms with E-state index >= 15 is 0 Å². The molecule has 1 aromatic carbocycles. The highest BCUT2D eigenvalue weighted by Crippen LogP contribution is 2.36. The molecular weight excluding hydrogens is 438 g/mol. The van der Waals surface area contributed by atoms with Crippen LogP contribution in [0.5, 0.6) is 0 Å². The van der Waals surface area contributed by atoms with E-state index < -0.39 is 11.2 Å². The third-order valence-electron chi connectivity index (χ3n) is 5.88. The molecular formula is C25H25N3O4S. The molecule has 4 rings (SSSR count). The van der Waals surface area contributed by atoms with Crippen molar-refractivity contribution in [1.29, 1.82) is 5.26 Å². The number of aromatic nitrogens is 1. The molecule has 0 radical (unpaired) electrons. The highest BCUT2D eigenvalue weighted by Gasteiger charge is 2.41. The van der Waals surface area contributed by atoms with Crippen molar-refractivity contribution < 1.29 is 19.1 Å². The first-order valence-corrected chi connectivity index (χ1v) is 12.1. The number of hydrogen-bond donors (Lipinski definition) is 0. The lowest BCUT2D eigenvalue weighted by Crippen LogP contribution is -2.31. The fourth-order valence-corrected chi connectivity index (χ4v) is 5.30. The molecule has 2 amide bonds. The van der Waals surface area contributed by atoms with E-state index in [1.165, 1.54) is 24.6 Å². The van der Waals surface area contributed by atoms with E-state index in [4.69, 9.17) is 9.72 Å². The van der Waals surface area contributed by atoms with Gasteiger partial charge in [-0.05, 0) is 68.5 Å². The molecule has 1 unspecified atom stereocenters. The smallest absolute Gasteiger partial charge is 0.338 e. The zero-order valence-electron chi connectivity index (χ0n) is 18.5. The number of carbonyl (C=O) groups is 3. The third-order valence-corrected chi connectivity index (χ3v) is 7.07. The van der Waals surface area contributed by atoms with Gasteiger partial charge in [-0.15, -0.1) is 0 Å². The summed E-state index contributed by atoms with van der Waals surface area (Å²) in [6.45, 7) is 1.99. The summed E-state index contributed by atoms with van der Waals surface area (Å²) in [4.78, 5) is 43.6. The molecule has 170 valence electrons. The van der Waals surface area contributed by atoms with Gasteiger partial charge in [0, 0.05) is 12.1 Å². The predicted molar refractivity (Wildman–Crippen MR) is 124 cm³/mol. The van der Waals surface area contributed by atoms with Crippen LogP contribution in [0, 0.1) is 11.3 Å². The standard InChI is InChI=1S/C25H25N3O4S/c1-2-32-25(31)16-9-11-19(12-10-16)28-22(29)14-21(24(28)30)33-23-18(15-26)13-17-7-5-3-4-6-8-20(17)27-23/h9-13,21H,2-8,14H2,1H3. The number of ether oxygens (including phenoxy) is 1. The second-order valence-electron chi connectivity index (χ2n) is 8.12. The molecule has 2 heterocycles. The summed E-state index contributed by atoms with van der Waals surface area (Å²) in [5.74, 6) is -1.11. The van der Waals surface area contributed by atoms with Crippen LogP contribution in [0.4, 0.5) is 5.69 Å². The number of rotatable bonds is 5. The van der Waals surface area contributed by atoms with Crippen LogP contribution in [0.2, 0.25) is 0 Å². The molecule has 0 bridgehead atoms. The third kappa shape index (κ3) is 4.93. The lowest BCUT2D eigenvalue weighted by atomic mass is 9.96. The maximum atomic E-state index is 13.1. The zero-order valence-corrected chi connectivity index (χ0v) is 19.3. The normalized spacial score (nSPS) is 18.3. The van der Waals surface area contributed by atoms with E-state index in [0.29, 0.717) is 21.8 Å². The van der Waals surface area contributed by atoms with Crippen LogP contribution in [0.3, 0.4) is 0 Å². The SMILES string of the molecule is CCOC(=O)c1ccc(N2C(=O)CC(Sc3nc4c(cc3C#N)CCCCCC4)C2=O)cc1.